The van der Waals surface area contributed by atoms with Crippen LogP contribution in [0.3, 0.4) is 0 Å². The minimum atomic E-state index is -1.13. The Morgan fingerprint density at radius 1 is 0.740 bits per heavy atom. The van der Waals surface area contributed by atoms with E-state index in [4.69, 9.17) is 18.9 Å². The van der Waals surface area contributed by atoms with Gasteiger partial charge in [-0.15, -0.1) is 0 Å². The van der Waals surface area contributed by atoms with Crippen molar-refractivity contribution in [1.29, 1.82) is 0 Å². The number of rotatable bonds is 25. The fourth-order valence-corrected chi connectivity index (χ4v) is 15.3. The van der Waals surface area contributed by atoms with Crippen LogP contribution in [-0.2, 0) is 45.6 Å². The normalized spacial score (nSPS) is 27.8. The van der Waals surface area contributed by atoms with Crippen molar-refractivity contribution < 1.29 is 43.2 Å². The van der Waals surface area contributed by atoms with Gasteiger partial charge in [0.1, 0.15) is 23.6 Å². The molecule has 11 nitrogen and oxygen atoms in total. The molecule has 8 rings (SSSR count). The van der Waals surface area contributed by atoms with E-state index in [2.05, 4.69) is 46.0 Å². The van der Waals surface area contributed by atoms with Crippen LogP contribution >= 0.6 is 0 Å². The molecule has 3 saturated carbocycles. The monoisotopic (exact) mass is 1060 g/mol. The molecule has 3 aromatic rings. The number of carbonyl (C=O) groups is 4. The van der Waals surface area contributed by atoms with E-state index in [9.17, 15) is 24.3 Å². The maximum absolute atomic E-state index is 14.0. The highest BCUT2D eigenvalue weighted by Crippen LogP contribution is 2.67. The van der Waals surface area contributed by atoms with Crippen LogP contribution in [0, 0.1) is 52.3 Å². The van der Waals surface area contributed by atoms with E-state index in [1.807, 2.05) is 78.9 Å². The first-order chi connectivity index (χ1) is 37.1. The summed E-state index contributed by atoms with van der Waals surface area (Å²) in [5.41, 5.74) is 4.43. The lowest BCUT2D eigenvalue weighted by atomic mass is 9.47. The molecule has 77 heavy (non-hydrogen) atoms. The quantitative estimate of drug-likeness (QED) is 0.0367. The predicted octanol–water partition coefficient (Wildman–Crippen LogP) is 12.7. The first kappa shape index (κ1) is 58.2. The number of aliphatic hydroxyl groups excluding tert-OH is 1. The number of hydrogen-bond acceptors (Lipinski definition) is 9. The van der Waals surface area contributed by atoms with E-state index in [0.29, 0.717) is 37.0 Å². The number of esters is 2. The number of likely N-dealkylation sites (tertiary alicyclic amines) is 1. The van der Waals surface area contributed by atoms with Crippen molar-refractivity contribution in [2.24, 2.45) is 52.3 Å². The number of carbonyl (C=O) groups excluding carboxylic acids is 4. The van der Waals surface area contributed by atoms with Gasteiger partial charge in [0, 0.05) is 45.2 Å². The summed E-state index contributed by atoms with van der Waals surface area (Å²) in [4.78, 5) is 54.3. The Morgan fingerprint density at radius 3 is 2.12 bits per heavy atom. The van der Waals surface area contributed by atoms with Crippen LogP contribution in [0.2, 0.25) is 0 Å². The average molecular weight is 1060 g/mol. The van der Waals surface area contributed by atoms with Crippen LogP contribution in [-0.4, -0.2) is 79.8 Å². The summed E-state index contributed by atoms with van der Waals surface area (Å²) in [7, 11) is 3.16. The lowest BCUT2D eigenvalue weighted by Gasteiger charge is -2.58. The van der Waals surface area contributed by atoms with Crippen molar-refractivity contribution in [3.8, 4) is 5.75 Å². The molecule has 0 spiro atoms. The number of fused-ring (bicyclic) bond motifs is 5. The van der Waals surface area contributed by atoms with E-state index in [1.165, 1.54) is 58.4 Å². The van der Waals surface area contributed by atoms with Crippen molar-refractivity contribution in [3.05, 3.63) is 113 Å². The molecule has 1 aliphatic heterocycles. The molecule has 11 heteroatoms. The van der Waals surface area contributed by atoms with Crippen molar-refractivity contribution in [2.75, 3.05) is 33.9 Å². The number of aliphatic hydroxyl groups is 1. The highest BCUT2D eigenvalue weighted by molar-refractivity contribution is 5.81. The van der Waals surface area contributed by atoms with Gasteiger partial charge in [0.15, 0.2) is 0 Å². The molecule has 2 N–H and O–H groups in total. The Bertz CT molecular complexity index is 2410. The number of unbranched alkanes of at least 4 members (excludes halogenated alkanes) is 3. The molecule has 2 amide bonds. The number of amides is 2. The molecule has 3 aromatic carbocycles. The van der Waals surface area contributed by atoms with Gasteiger partial charge in [-0.1, -0.05) is 145 Å². The highest BCUT2D eigenvalue weighted by atomic mass is 16.6. The van der Waals surface area contributed by atoms with Gasteiger partial charge in [-0.05, 0) is 139 Å². The standard InChI is InChI=1S/C66H92N2O9/c1-45(2)16-15-17-46(3)56-32-33-57-55-31-28-52-40-54(36-38-64(52,4)58(55)37-39-65(56,57)5)76-62(72)21-14-9-8-13-20-61(71)68-41-48(59(42-68)77-63(73)35-34-60(70)67-6)44-75-66(49-18-11-10-12-19-49,50-24-22-47(43-69)23-25-50)51-26-29-53(74-7)30-27-51/h10-12,18-19,22-30,45-46,48,54-59,69H,8-9,13-17,20-21,31-44H2,1-7H3,(H,67,70)/t46?,48?,54-,55?,56+,57?,58?,59?,64-,65+,66?/m0/s1. The fraction of sp³-hybridized carbons (Fsp3) is 0.636. The number of allylic oxidation sites excluding steroid dienone is 1. The fourth-order valence-electron chi connectivity index (χ4n) is 15.3. The summed E-state index contributed by atoms with van der Waals surface area (Å²) in [5.74, 6) is 4.25. The molecule has 4 aliphatic carbocycles. The van der Waals surface area contributed by atoms with Crippen molar-refractivity contribution >= 4 is 23.8 Å². The lowest BCUT2D eigenvalue weighted by molar-refractivity contribution is -0.153. The SMILES string of the molecule is CNC(=O)CCC(=O)OC1CN(C(=O)CCCCCCC(=O)O[C@H]2CC[C@@]3(C)C(=CCC4C3CC[C@@]3(C)C4CC[C@@H]3C(C)CCCC(C)C)C2)CC1COC(c1ccccc1)(c1ccc(CO)cc1)c1ccc(OC)cc1. The Kier molecular flexibility index (Phi) is 19.9. The molecule has 420 valence electrons. The number of nitrogens with one attached hydrogen (secondary N) is 1. The summed E-state index contributed by atoms with van der Waals surface area (Å²) >= 11 is 0. The second-order valence-corrected chi connectivity index (χ2v) is 24.8. The Labute approximate surface area is 461 Å². The van der Waals surface area contributed by atoms with E-state index >= 15 is 0 Å². The molecular formula is C66H92N2O9. The molecule has 1 heterocycles. The van der Waals surface area contributed by atoms with Gasteiger partial charge in [-0.2, -0.15) is 0 Å². The second kappa shape index (κ2) is 26.3. The molecule has 0 aromatic heterocycles. The topological polar surface area (TPSA) is 141 Å². The molecule has 0 bridgehead atoms. The predicted molar refractivity (Wildman–Crippen MR) is 302 cm³/mol. The largest absolute Gasteiger partial charge is 0.497 e. The maximum atomic E-state index is 14.0. The van der Waals surface area contributed by atoms with Gasteiger partial charge in [0.05, 0.1) is 33.3 Å². The Hall–Kier alpha value is -5.00. The van der Waals surface area contributed by atoms with Crippen LogP contribution in [0.4, 0.5) is 0 Å². The number of hydrogen-bond donors (Lipinski definition) is 2. The number of benzene rings is 3. The maximum Gasteiger partial charge on any atom is 0.306 e. The number of ether oxygens (including phenoxy) is 4. The highest BCUT2D eigenvalue weighted by Gasteiger charge is 2.59. The minimum absolute atomic E-state index is 0.00000623. The molecule has 7 unspecified atom stereocenters. The van der Waals surface area contributed by atoms with Crippen LogP contribution in [0.25, 0.3) is 0 Å². The van der Waals surface area contributed by atoms with Gasteiger partial charge in [0.25, 0.3) is 0 Å². The third-order valence-corrected chi connectivity index (χ3v) is 19.7. The van der Waals surface area contributed by atoms with Gasteiger partial charge in [-0.3, -0.25) is 19.2 Å². The van der Waals surface area contributed by atoms with Crippen LogP contribution in [0.15, 0.2) is 90.5 Å². The molecule has 5 aliphatic rings. The third-order valence-electron chi connectivity index (χ3n) is 19.7. The van der Waals surface area contributed by atoms with Gasteiger partial charge in [-0.25, -0.2) is 0 Å². The molecular weight excluding hydrogens is 965 g/mol. The second-order valence-electron chi connectivity index (χ2n) is 24.8. The molecule has 0 radical (unpaired) electrons. The zero-order valence-corrected chi connectivity index (χ0v) is 47.7. The Balaban J connectivity index is 0.831. The Morgan fingerprint density at radius 2 is 1.43 bits per heavy atom. The van der Waals surface area contributed by atoms with Crippen molar-refractivity contribution in [2.45, 2.75) is 181 Å². The van der Waals surface area contributed by atoms with Crippen LogP contribution in [0.5, 0.6) is 5.75 Å². The summed E-state index contributed by atoms with van der Waals surface area (Å²) in [5, 5.41) is 12.5. The summed E-state index contributed by atoms with van der Waals surface area (Å²) < 4.78 is 25.0. The van der Waals surface area contributed by atoms with Crippen LogP contribution in [0.1, 0.15) is 179 Å². The third kappa shape index (κ3) is 13.4. The molecule has 4 fully saturated rings. The zero-order chi connectivity index (χ0) is 54.7. The zero-order valence-electron chi connectivity index (χ0n) is 47.7. The first-order valence-electron chi connectivity index (χ1n) is 29.7. The summed E-state index contributed by atoms with van der Waals surface area (Å²) in [6.45, 7) is 13.1. The van der Waals surface area contributed by atoms with Gasteiger partial charge < -0.3 is 34.3 Å². The smallest absolute Gasteiger partial charge is 0.306 e. The van der Waals surface area contributed by atoms with Crippen molar-refractivity contribution in [3.63, 3.8) is 0 Å². The van der Waals surface area contributed by atoms with Gasteiger partial charge in [0.2, 0.25) is 11.8 Å². The van der Waals surface area contributed by atoms with Crippen LogP contribution < -0.4 is 10.1 Å². The van der Waals surface area contributed by atoms with E-state index in [1.54, 1.807) is 17.6 Å². The molecule has 11 atom stereocenters. The average Bonchev–Trinajstić information content (AvgIpc) is 4.04. The number of methoxy groups -OCH3 is 1. The van der Waals surface area contributed by atoms with E-state index in [0.717, 1.165) is 96.3 Å². The first-order valence-corrected chi connectivity index (χ1v) is 29.7. The van der Waals surface area contributed by atoms with Gasteiger partial charge >= 0.3 is 11.9 Å². The summed E-state index contributed by atoms with van der Waals surface area (Å²) in [6, 6.07) is 25.4. The molecule has 1 saturated heterocycles. The number of nitrogens with zero attached hydrogens (tertiary/aromatic N) is 1. The van der Waals surface area contributed by atoms with E-state index < -0.39 is 17.7 Å². The lowest BCUT2D eigenvalue weighted by Crippen LogP contribution is -2.51. The minimum Gasteiger partial charge on any atom is -0.497 e. The van der Waals surface area contributed by atoms with E-state index in [-0.39, 0.29) is 67.8 Å². The van der Waals surface area contributed by atoms with Crippen molar-refractivity contribution in [1.82, 2.24) is 10.2 Å². The summed E-state index contributed by atoms with van der Waals surface area (Å²) in [6.07, 6.45) is 19.3.